The molecule has 0 N–H and O–H groups in total. The van der Waals surface area contributed by atoms with Gasteiger partial charge in [0.2, 0.25) is 6.79 Å². The van der Waals surface area contributed by atoms with Crippen molar-refractivity contribution >= 4 is 0 Å². The Hall–Kier alpha value is -1.18. The third kappa shape index (κ3) is 0.697. The predicted molar refractivity (Wildman–Crippen MR) is 44.6 cm³/mol. The van der Waals surface area contributed by atoms with Gasteiger partial charge in [-0.15, -0.1) is 0 Å². The van der Waals surface area contributed by atoms with Crippen LogP contribution in [0.2, 0.25) is 0 Å². The predicted octanol–water partition coefficient (Wildman–Crippen LogP) is 1.90. The van der Waals surface area contributed by atoms with E-state index in [-0.39, 0.29) is 0 Å². The van der Waals surface area contributed by atoms with Crippen LogP contribution in [0.1, 0.15) is 17.5 Å². The van der Waals surface area contributed by atoms with Crippen LogP contribution in [-0.2, 0) is 12.8 Å². The van der Waals surface area contributed by atoms with Gasteiger partial charge in [0.25, 0.3) is 0 Å². The summed E-state index contributed by atoms with van der Waals surface area (Å²) in [5.41, 5.74) is 2.82. The summed E-state index contributed by atoms with van der Waals surface area (Å²) in [7, 11) is 0. The largest absolute Gasteiger partial charge is 0.454 e. The van der Waals surface area contributed by atoms with Gasteiger partial charge in [-0.1, -0.05) is 6.07 Å². The lowest BCUT2D eigenvalue weighted by molar-refractivity contribution is 0.173. The van der Waals surface area contributed by atoms with Crippen molar-refractivity contribution in [1.82, 2.24) is 0 Å². The zero-order chi connectivity index (χ0) is 7.97. The van der Waals surface area contributed by atoms with Crippen LogP contribution in [0.4, 0.5) is 0 Å². The molecule has 1 aromatic rings. The van der Waals surface area contributed by atoms with Crippen LogP contribution in [-0.4, -0.2) is 6.79 Å². The van der Waals surface area contributed by atoms with Crippen molar-refractivity contribution in [2.75, 3.05) is 6.79 Å². The van der Waals surface area contributed by atoms with E-state index in [1.807, 2.05) is 6.07 Å². The Morgan fingerprint density at radius 2 is 2.08 bits per heavy atom. The first-order valence-electron chi connectivity index (χ1n) is 4.35. The average Bonchev–Trinajstić information content (AvgIpc) is 2.71. The molecule has 12 heavy (non-hydrogen) atoms. The van der Waals surface area contributed by atoms with E-state index < -0.39 is 0 Å². The van der Waals surface area contributed by atoms with E-state index in [0.29, 0.717) is 6.79 Å². The third-order valence-electron chi connectivity index (χ3n) is 2.61. The fraction of sp³-hybridized carbons (Fsp3) is 0.400. The van der Waals surface area contributed by atoms with Gasteiger partial charge in [-0.05, 0) is 30.9 Å². The minimum atomic E-state index is 0.395. The molecule has 0 saturated heterocycles. The molecule has 0 aromatic heterocycles. The Morgan fingerprint density at radius 1 is 1.08 bits per heavy atom. The fourth-order valence-corrected chi connectivity index (χ4v) is 2.03. The van der Waals surface area contributed by atoms with E-state index in [0.717, 1.165) is 17.9 Å². The summed E-state index contributed by atoms with van der Waals surface area (Å²) in [6, 6.07) is 4.18. The minimum absolute atomic E-state index is 0.395. The van der Waals surface area contributed by atoms with Crippen molar-refractivity contribution in [1.29, 1.82) is 0 Å². The van der Waals surface area contributed by atoms with E-state index in [4.69, 9.17) is 9.47 Å². The number of aryl methyl sites for hydroxylation is 1. The van der Waals surface area contributed by atoms with Crippen molar-refractivity contribution in [3.63, 3.8) is 0 Å². The summed E-state index contributed by atoms with van der Waals surface area (Å²) < 4.78 is 10.7. The summed E-state index contributed by atoms with van der Waals surface area (Å²) in [6.45, 7) is 0.395. The Labute approximate surface area is 71.1 Å². The Bertz CT molecular complexity index is 298. The highest BCUT2D eigenvalue weighted by Gasteiger charge is 2.23. The van der Waals surface area contributed by atoms with Gasteiger partial charge >= 0.3 is 0 Å². The first-order valence-corrected chi connectivity index (χ1v) is 4.35. The Morgan fingerprint density at radius 3 is 3.08 bits per heavy atom. The molecule has 0 bridgehead atoms. The van der Waals surface area contributed by atoms with Gasteiger partial charge in [-0.2, -0.15) is 0 Å². The first-order chi connectivity index (χ1) is 5.95. The molecular formula is C10H10O2. The van der Waals surface area contributed by atoms with Crippen LogP contribution in [0.3, 0.4) is 0 Å². The molecular weight excluding hydrogens is 152 g/mol. The second-order valence-corrected chi connectivity index (χ2v) is 3.29. The summed E-state index contributed by atoms with van der Waals surface area (Å²) in [5.74, 6) is 1.93. The van der Waals surface area contributed by atoms with E-state index in [2.05, 4.69) is 6.07 Å². The molecule has 1 heterocycles. The number of fused-ring (bicyclic) bond motifs is 3. The molecule has 2 aliphatic rings. The van der Waals surface area contributed by atoms with Crippen molar-refractivity contribution in [3.8, 4) is 11.5 Å². The van der Waals surface area contributed by atoms with Gasteiger partial charge in [-0.3, -0.25) is 0 Å². The van der Waals surface area contributed by atoms with E-state index in [9.17, 15) is 0 Å². The minimum Gasteiger partial charge on any atom is -0.454 e. The van der Waals surface area contributed by atoms with E-state index in [1.165, 1.54) is 24.0 Å². The molecule has 1 aliphatic carbocycles. The lowest BCUT2D eigenvalue weighted by Crippen LogP contribution is -1.94. The fourth-order valence-electron chi connectivity index (χ4n) is 2.03. The maximum absolute atomic E-state index is 5.42. The monoisotopic (exact) mass is 162 g/mol. The number of hydrogen-bond acceptors (Lipinski definition) is 2. The Balaban J connectivity index is 2.24. The van der Waals surface area contributed by atoms with Gasteiger partial charge in [0.15, 0.2) is 11.5 Å². The van der Waals surface area contributed by atoms with Crippen molar-refractivity contribution in [2.45, 2.75) is 19.3 Å². The summed E-state index contributed by atoms with van der Waals surface area (Å²) in [4.78, 5) is 0. The second kappa shape index (κ2) is 2.16. The molecule has 0 unspecified atom stereocenters. The standard InChI is InChI=1S/C10H10O2/c1-2-7-4-5-9-10(8(7)3-1)12-6-11-9/h4-5H,1-3,6H2. The number of rotatable bonds is 0. The lowest BCUT2D eigenvalue weighted by Gasteiger charge is -2.02. The summed E-state index contributed by atoms with van der Waals surface area (Å²) >= 11 is 0. The number of hydrogen-bond donors (Lipinski definition) is 0. The third-order valence-corrected chi connectivity index (χ3v) is 2.61. The van der Waals surface area contributed by atoms with Gasteiger partial charge < -0.3 is 9.47 Å². The quantitative estimate of drug-likeness (QED) is 0.580. The molecule has 0 radical (unpaired) electrons. The summed E-state index contributed by atoms with van der Waals surface area (Å²) in [5, 5.41) is 0. The molecule has 0 amide bonds. The molecule has 1 aromatic carbocycles. The highest BCUT2D eigenvalue weighted by molar-refractivity contribution is 5.53. The highest BCUT2D eigenvalue weighted by atomic mass is 16.7. The zero-order valence-corrected chi connectivity index (χ0v) is 6.80. The van der Waals surface area contributed by atoms with E-state index in [1.54, 1.807) is 0 Å². The molecule has 0 fully saturated rings. The highest BCUT2D eigenvalue weighted by Crippen LogP contribution is 2.40. The second-order valence-electron chi connectivity index (χ2n) is 3.29. The molecule has 0 spiro atoms. The topological polar surface area (TPSA) is 18.5 Å². The van der Waals surface area contributed by atoms with Gasteiger partial charge in [-0.25, -0.2) is 0 Å². The molecule has 1 aliphatic heterocycles. The van der Waals surface area contributed by atoms with Gasteiger partial charge in [0, 0.05) is 5.56 Å². The normalized spacial score (nSPS) is 18.0. The molecule has 3 rings (SSSR count). The molecule has 62 valence electrons. The first kappa shape index (κ1) is 6.35. The molecule has 2 nitrogen and oxygen atoms in total. The maximum atomic E-state index is 5.42. The van der Waals surface area contributed by atoms with Crippen molar-refractivity contribution in [3.05, 3.63) is 23.3 Å². The molecule has 0 atom stereocenters. The number of benzene rings is 1. The van der Waals surface area contributed by atoms with Crippen molar-refractivity contribution < 1.29 is 9.47 Å². The van der Waals surface area contributed by atoms with Gasteiger partial charge in [0.1, 0.15) is 0 Å². The van der Waals surface area contributed by atoms with Crippen LogP contribution in [0.5, 0.6) is 11.5 Å². The Kier molecular flexibility index (Phi) is 1.14. The maximum Gasteiger partial charge on any atom is 0.231 e. The van der Waals surface area contributed by atoms with E-state index >= 15 is 0 Å². The van der Waals surface area contributed by atoms with Crippen LogP contribution in [0.15, 0.2) is 12.1 Å². The lowest BCUT2D eigenvalue weighted by atomic mass is 10.1. The van der Waals surface area contributed by atoms with Crippen molar-refractivity contribution in [2.24, 2.45) is 0 Å². The smallest absolute Gasteiger partial charge is 0.231 e. The molecule has 0 saturated carbocycles. The van der Waals surface area contributed by atoms with Gasteiger partial charge in [0.05, 0.1) is 0 Å². The van der Waals surface area contributed by atoms with Crippen LogP contribution in [0, 0.1) is 0 Å². The SMILES string of the molecule is c1cc2c(c3c1CCC3)OCO2. The van der Waals surface area contributed by atoms with Crippen LogP contribution < -0.4 is 9.47 Å². The number of ether oxygens (including phenoxy) is 2. The average molecular weight is 162 g/mol. The molecule has 2 heteroatoms. The zero-order valence-electron chi connectivity index (χ0n) is 6.80. The van der Waals surface area contributed by atoms with Crippen LogP contribution >= 0.6 is 0 Å². The summed E-state index contributed by atoms with van der Waals surface area (Å²) in [6.07, 6.45) is 3.61. The van der Waals surface area contributed by atoms with Crippen LogP contribution in [0.25, 0.3) is 0 Å².